The zero-order valence-corrected chi connectivity index (χ0v) is 11.6. The molecule has 4 nitrogen and oxygen atoms in total. The highest BCUT2D eigenvalue weighted by molar-refractivity contribution is 5.80. The molecule has 0 bridgehead atoms. The van der Waals surface area contributed by atoms with Crippen molar-refractivity contribution in [1.29, 1.82) is 0 Å². The minimum Gasteiger partial charge on any atom is -0.481 e. The molecule has 2 N–H and O–H groups in total. The average Bonchev–Trinajstić information content (AvgIpc) is 2.35. The predicted molar refractivity (Wildman–Crippen MR) is 75.1 cm³/mol. The smallest absolute Gasteiger partial charge is 0.261 e. The van der Waals surface area contributed by atoms with E-state index < -0.39 is 12.2 Å². The fraction of sp³-hybridized carbons (Fsp3) is 0.400. The fourth-order valence-electron chi connectivity index (χ4n) is 1.65. The fourth-order valence-corrected chi connectivity index (χ4v) is 1.65. The zero-order valence-electron chi connectivity index (χ0n) is 11.6. The standard InChI is InChI=1S/C15H21NO3/c1-5-8-16-15(18)12(4)19-14-9-10(2)6-7-13(14)11(3)17/h5-7,9,11-12,17H,1,8H2,2-4H3,(H,16,18)/t11-,12?/m0/s1. The van der Waals surface area contributed by atoms with E-state index in [1.54, 1.807) is 19.9 Å². The Balaban J connectivity index is 2.83. The molecular formula is C15H21NO3. The number of benzene rings is 1. The molecule has 1 rings (SSSR count). The molecular weight excluding hydrogens is 242 g/mol. The molecule has 0 aromatic heterocycles. The number of amides is 1. The Hall–Kier alpha value is -1.81. The summed E-state index contributed by atoms with van der Waals surface area (Å²) < 4.78 is 5.64. The lowest BCUT2D eigenvalue weighted by Gasteiger charge is -2.18. The molecule has 0 saturated heterocycles. The number of carbonyl (C=O) groups is 1. The number of nitrogens with one attached hydrogen (secondary N) is 1. The van der Waals surface area contributed by atoms with E-state index >= 15 is 0 Å². The van der Waals surface area contributed by atoms with Gasteiger partial charge in [0.25, 0.3) is 5.91 Å². The van der Waals surface area contributed by atoms with Gasteiger partial charge in [0.15, 0.2) is 6.10 Å². The first kappa shape index (κ1) is 15.2. The molecule has 0 radical (unpaired) electrons. The molecule has 1 aromatic rings. The Labute approximate surface area is 114 Å². The second kappa shape index (κ2) is 6.95. The molecule has 0 aliphatic carbocycles. The van der Waals surface area contributed by atoms with Gasteiger partial charge >= 0.3 is 0 Å². The molecule has 0 spiro atoms. The van der Waals surface area contributed by atoms with Crippen molar-refractivity contribution in [3.8, 4) is 5.75 Å². The van der Waals surface area contributed by atoms with Gasteiger partial charge in [0.1, 0.15) is 5.75 Å². The summed E-state index contributed by atoms with van der Waals surface area (Å²) in [6, 6.07) is 5.53. The summed E-state index contributed by atoms with van der Waals surface area (Å²) in [7, 11) is 0. The van der Waals surface area contributed by atoms with Gasteiger partial charge in [-0.25, -0.2) is 0 Å². The van der Waals surface area contributed by atoms with E-state index in [9.17, 15) is 9.90 Å². The lowest BCUT2D eigenvalue weighted by atomic mass is 10.1. The lowest BCUT2D eigenvalue weighted by Crippen LogP contribution is -2.36. The van der Waals surface area contributed by atoms with E-state index in [4.69, 9.17) is 4.74 Å². The van der Waals surface area contributed by atoms with Crippen LogP contribution >= 0.6 is 0 Å². The van der Waals surface area contributed by atoms with Crippen LogP contribution in [0.1, 0.15) is 31.1 Å². The number of hydrogen-bond acceptors (Lipinski definition) is 3. The number of rotatable bonds is 6. The molecule has 104 valence electrons. The number of aryl methyl sites for hydroxylation is 1. The van der Waals surface area contributed by atoms with Crippen molar-refractivity contribution < 1.29 is 14.6 Å². The molecule has 1 aromatic carbocycles. The first-order chi connectivity index (χ1) is 8.95. The van der Waals surface area contributed by atoms with Crippen molar-refractivity contribution in [2.24, 2.45) is 0 Å². The van der Waals surface area contributed by atoms with Gasteiger partial charge in [0.2, 0.25) is 0 Å². The second-order valence-electron chi connectivity index (χ2n) is 4.51. The monoisotopic (exact) mass is 263 g/mol. The van der Waals surface area contributed by atoms with Crippen LogP contribution in [0.4, 0.5) is 0 Å². The maximum absolute atomic E-state index is 11.7. The lowest BCUT2D eigenvalue weighted by molar-refractivity contribution is -0.127. The average molecular weight is 263 g/mol. The zero-order chi connectivity index (χ0) is 14.4. The molecule has 0 fully saturated rings. The minimum atomic E-state index is -0.640. The number of hydrogen-bond donors (Lipinski definition) is 2. The van der Waals surface area contributed by atoms with Gasteiger partial charge in [-0.15, -0.1) is 6.58 Å². The van der Waals surface area contributed by atoms with Crippen LogP contribution < -0.4 is 10.1 Å². The number of ether oxygens (including phenoxy) is 1. The summed E-state index contributed by atoms with van der Waals surface area (Å²) in [5, 5.41) is 12.4. The van der Waals surface area contributed by atoms with Gasteiger partial charge in [-0.1, -0.05) is 18.2 Å². The van der Waals surface area contributed by atoms with E-state index in [2.05, 4.69) is 11.9 Å². The predicted octanol–water partition coefficient (Wildman–Crippen LogP) is 2.12. The van der Waals surface area contributed by atoms with E-state index in [1.807, 2.05) is 25.1 Å². The molecule has 19 heavy (non-hydrogen) atoms. The summed E-state index contributed by atoms with van der Waals surface area (Å²) in [5.74, 6) is 0.328. The summed E-state index contributed by atoms with van der Waals surface area (Å²) in [4.78, 5) is 11.7. The molecule has 2 atom stereocenters. The van der Waals surface area contributed by atoms with Crippen molar-refractivity contribution in [2.75, 3.05) is 6.54 Å². The largest absolute Gasteiger partial charge is 0.481 e. The highest BCUT2D eigenvalue weighted by atomic mass is 16.5. The van der Waals surface area contributed by atoms with E-state index in [0.717, 1.165) is 5.56 Å². The van der Waals surface area contributed by atoms with Crippen LogP contribution in [0.15, 0.2) is 30.9 Å². The van der Waals surface area contributed by atoms with Crippen molar-refractivity contribution >= 4 is 5.91 Å². The molecule has 0 aliphatic rings. The summed E-state index contributed by atoms with van der Waals surface area (Å²) >= 11 is 0. The van der Waals surface area contributed by atoms with Gasteiger partial charge in [-0.05, 0) is 32.4 Å². The van der Waals surface area contributed by atoms with Crippen LogP contribution in [0.5, 0.6) is 5.75 Å². The second-order valence-corrected chi connectivity index (χ2v) is 4.51. The molecule has 0 saturated carbocycles. The quantitative estimate of drug-likeness (QED) is 0.773. The summed E-state index contributed by atoms with van der Waals surface area (Å²) in [6.07, 6.45) is 0.344. The van der Waals surface area contributed by atoms with Gasteiger partial charge in [-0.2, -0.15) is 0 Å². The van der Waals surface area contributed by atoms with E-state index in [-0.39, 0.29) is 5.91 Å². The van der Waals surface area contributed by atoms with E-state index in [0.29, 0.717) is 17.9 Å². The maximum atomic E-state index is 11.7. The van der Waals surface area contributed by atoms with Crippen molar-refractivity contribution in [2.45, 2.75) is 33.0 Å². The minimum absolute atomic E-state index is 0.210. The summed E-state index contributed by atoms with van der Waals surface area (Å²) in [6.45, 7) is 9.21. The SMILES string of the molecule is C=CCNC(=O)C(C)Oc1cc(C)ccc1[C@H](C)O. The summed E-state index contributed by atoms with van der Waals surface area (Å²) in [5.41, 5.74) is 1.69. The van der Waals surface area contributed by atoms with Gasteiger partial charge < -0.3 is 15.2 Å². The van der Waals surface area contributed by atoms with Crippen LogP contribution in [-0.2, 0) is 4.79 Å². The van der Waals surface area contributed by atoms with E-state index in [1.165, 1.54) is 0 Å². The van der Waals surface area contributed by atoms with Crippen LogP contribution in [0.25, 0.3) is 0 Å². The Morgan fingerprint density at radius 3 is 2.79 bits per heavy atom. The van der Waals surface area contributed by atoms with Gasteiger partial charge in [0.05, 0.1) is 6.10 Å². The van der Waals surface area contributed by atoms with Crippen LogP contribution in [-0.4, -0.2) is 23.7 Å². The normalized spacial score (nSPS) is 13.5. The third-order valence-corrected chi connectivity index (χ3v) is 2.71. The van der Waals surface area contributed by atoms with Gasteiger partial charge in [-0.3, -0.25) is 4.79 Å². The Morgan fingerprint density at radius 2 is 2.21 bits per heavy atom. The first-order valence-corrected chi connectivity index (χ1v) is 6.29. The maximum Gasteiger partial charge on any atom is 0.261 e. The molecule has 4 heteroatoms. The number of aliphatic hydroxyl groups excluding tert-OH is 1. The Bertz CT molecular complexity index is 455. The van der Waals surface area contributed by atoms with Crippen molar-refractivity contribution in [3.63, 3.8) is 0 Å². The number of aliphatic hydroxyl groups is 1. The molecule has 0 heterocycles. The Kier molecular flexibility index (Phi) is 5.57. The highest BCUT2D eigenvalue weighted by Crippen LogP contribution is 2.27. The highest BCUT2D eigenvalue weighted by Gasteiger charge is 2.17. The van der Waals surface area contributed by atoms with Crippen molar-refractivity contribution in [1.82, 2.24) is 5.32 Å². The number of carbonyl (C=O) groups excluding carboxylic acids is 1. The van der Waals surface area contributed by atoms with Gasteiger partial charge in [0, 0.05) is 12.1 Å². The van der Waals surface area contributed by atoms with Crippen LogP contribution in [0, 0.1) is 6.92 Å². The van der Waals surface area contributed by atoms with Crippen LogP contribution in [0.3, 0.4) is 0 Å². The topological polar surface area (TPSA) is 58.6 Å². The molecule has 0 aliphatic heterocycles. The van der Waals surface area contributed by atoms with Crippen molar-refractivity contribution in [3.05, 3.63) is 42.0 Å². The first-order valence-electron chi connectivity index (χ1n) is 6.29. The molecule has 1 amide bonds. The molecule has 1 unspecified atom stereocenters. The van der Waals surface area contributed by atoms with Crippen LogP contribution in [0.2, 0.25) is 0 Å². The Morgan fingerprint density at radius 1 is 1.53 bits per heavy atom. The third-order valence-electron chi connectivity index (χ3n) is 2.71. The third kappa shape index (κ3) is 4.41.